The summed E-state index contributed by atoms with van der Waals surface area (Å²) < 4.78 is 12.0. The molecule has 8 heteroatoms. The molecule has 0 bridgehead atoms. The van der Waals surface area contributed by atoms with E-state index >= 15 is 0 Å². The number of benzene rings is 1. The highest BCUT2D eigenvalue weighted by Crippen LogP contribution is 2.20. The van der Waals surface area contributed by atoms with Crippen LogP contribution in [0.2, 0.25) is 0 Å². The highest BCUT2D eigenvalue weighted by molar-refractivity contribution is 5.89. The van der Waals surface area contributed by atoms with Crippen LogP contribution in [0.25, 0.3) is 11.2 Å². The van der Waals surface area contributed by atoms with Crippen LogP contribution in [0, 0.1) is 0 Å². The first-order valence-electron chi connectivity index (χ1n) is 7.90. The maximum atomic E-state index is 11.5. The van der Waals surface area contributed by atoms with Crippen LogP contribution in [-0.4, -0.2) is 39.2 Å². The molecule has 0 fully saturated rings. The van der Waals surface area contributed by atoms with Gasteiger partial charge in [-0.3, -0.25) is 0 Å². The van der Waals surface area contributed by atoms with Crippen LogP contribution in [0.1, 0.15) is 29.3 Å². The number of ether oxygens (including phenoxy) is 2. The molecule has 0 spiro atoms. The number of anilines is 1. The van der Waals surface area contributed by atoms with Gasteiger partial charge in [0.25, 0.3) is 0 Å². The lowest BCUT2D eigenvalue weighted by atomic mass is 10.1. The van der Waals surface area contributed by atoms with Gasteiger partial charge in [0.15, 0.2) is 17.0 Å². The summed E-state index contributed by atoms with van der Waals surface area (Å²) >= 11 is 0. The number of methoxy groups -OCH3 is 1. The third-order valence-electron chi connectivity index (χ3n) is 3.63. The Kier molecular flexibility index (Phi) is 4.78. The number of fused-ring (bicyclic) bond motifs is 1. The van der Waals surface area contributed by atoms with E-state index in [9.17, 15) is 4.79 Å². The molecule has 3 aromatic rings. The van der Waals surface area contributed by atoms with Crippen LogP contribution >= 0.6 is 0 Å². The number of carbonyl (C=O) groups excluding carboxylic acids is 1. The molecule has 25 heavy (non-hydrogen) atoms. The summed E-state index contributed by atoms with van der Waals surface area (Å²) in [6, 6.07) is 7.40. The van der Waals surface area contributed by atoms with E-state index in [4.69, 9.17) is 15.2 Å². The predicted molar refractivity (Wildman–Crippen MR) is 92.4 cm³/mol. The number of hydrogen-bond acceptors (Lipinski definition) is 7. The largest absolute Gasteiger partial charge is 0.465 e. The third kappa shape index (κ3) is 3.52. The Bertz CT molecular complexity index is 889. The molecule has 1 aromatic carbocycles. The Morgan fingerprint density at radius 1 is 1.24 bits per heavy atom. The molecule has 2 heterocycles. The first-order chi connectivity index (χ1) is 12.1. The Morgan fingerprint density at radius 2 is 2.00 bits per heavy atom. The average molecular weight is 341 g/mol. The van der Waals surface area contributed by atoms with Gasteiger partial charge >= 0.3 is 12.0 Å². The molecule has 3 rings (SSSR count). The molecule has 0 amide bonds. The van der Waals surface area contributed by atoms with Gasteiger partial charge in [0.1, 0.15) is 0 Å². The van der Waals surface area contributed by atoms with Crippen molar-refractivity contribution in [3.05, 3.63) is 41.7 Å². The maximum absolute atomic E-state index is 11.5. The predicted octanol–water partition coefficient (Wildman–Crippen LogP) is 2.03. The molecule has 0 atom stereocenters. The van der Waals surface area contributed by atoms with Crippen molar-refractivity contribution in [1.29, 1.82) is 0 Å². The molecule has 0 aliphatic heterocycles. The van der Waals surface area contributed by atoms with Crippen molar-refractivity contribution in [2.24, 2.45) is 0 Å². The minimum Gasteiger partial charge on any atom is -0.465 e. The zero-order chi connectivity index (χ0) is 17.8. The molecule has 0 saturated heterocycles. The first kappa shape index (κ1) is 16.7. The number of nitrogens with two attached hydrogens (primary N) is 1. The van der Waals surface area contributed by atoms with E-state index in [1.54, 1.807) is 18.5 Å². The normalized spacial score (nSPS) is 10.8. The van der Waals surface area contributed by atoms with E-state index in [0.717, 1.165) is 12.0 Å². The Balaban J connectivity index is 1.88. The lowest BCUT2D eigenvalue weighted by Gasteiger charge is -2.07. The molecule has 0 aliphatic carbocycles. The first-order valence-corrected chi connectivity index (χ1v) is 7.90. The standard InChI is InChI=1S/C17H19N5O3/c1-3-8-25-17-20-14(18)13-15(21-17)22(10-19-13)9-11-4-6-12(7-5-11)16(23)24-2/h4-7,10H,3,8-9H2,1-2H3,(H2,18,20,21). The molecule has 0 unspecified atom stereocenters. The summed E-state index contributed by atoms with van der Waals surface area (Å²) in [7, 11) is 1.36. The smallest absolute Gasteiger partial charge is 0.337 e. The highest BCUT2D eigenvalue weighted by atomic mass is 16.5. The van der Waals surface area contributed by atoms with E-state index < -0.39 is 0 Å². The van der Waals surface area contributed by atoms with Crippen LogP contribution in [-0.2, 0) is 11.3 Å². The van der Waals surface area contributed by atoms with Gasteiger partial charge in [0.05, 0.1) is 32.2 Å². The van der Waals surface area contributed by atoms with Gasteiger partial charge in [-0.25, -0.2) is 9.78 Å². The minimum absolute atomic E-state index is 0.245. The van der Waals surface area contributed by atoms with Crippen LogP contribution in [0.15, 0.2) is 30.6 Å². The quantitative estimate of drug-likeness (QED) is 0.684. The lowest BCUT2D eigenvalue weighted by molar-refractivity contribution is 0.0600. The number of imidazole rings is 1. The van der Waals surface area contributed by atoms with Crippen molar-refractivity contribution < 1.29 is 14.3 Å². The fourth-order valence-electron chi connectivity index (χ4n) is 2.38. The number of aromatic nitrogens is 4. The van der Waals surface area contributed by atoms with Gasteiger partial charge in [-0.15, -0.1) is 0 Å². The molecule has 2 aromatic heterocycles. The highest BCUT2D eigenvalue weighted by Gasteiger charge is 2.13. The van der Waals surface area contributed by atoms with Crippen molar-refractivity contribution in [3.63, 3.8) is 0 Å². The summed E-state index contributed by atoms with van der Waals surface area (Å²) in [5, 5.41) is 0. The van der Waals surface area contributed by atoms with Gasteiger partial charge in [0, 0.05) is 0 Å². The topological polar surface area (TPSA) is 105 Å². The second kappa shape index (κ2) is 7.16. The molecule has 130 valence electrons. The van der Waals surface area contributed by atoms with Crippen molar-refractivity contribution in [3.8, 4) is 6.01 Å². The number of nitrogen functional groups attached to an aromatic ring is 1. The number of hydrogen-bond donors (Lipinski definition) is 1. The number of nitrogens with zero attached hydrogens (tertiary/aromatic N) is 4. The van der Waals surface area contributed by atoms with Crippen molar-refractivity contribution >= 4 is 23.0 Å². The molecule has 0 radical (unpaired) electrons. The van der Waals surface area contributed by atoms with Crippen LogP contribution in [0.4, 0.5) is 5.82 Å². The van der Waals surface area contributed by atoms with Crippen molar-refractivity contribution in [2.45, 2.75) is 19.9 Å². The molecular weight excluding hydrogens is 322 g/mol. The van der Waals surface area contributed by atoms with E-state index in [-0.39, 0.29) is 17.8 Å². The Labute approximate surface area is 144 Å². The van der Waals surface area contributed by atoms with E-state index in [1.165, 1.54) is 7.11 Å². The van der Waals surface area contributed by atoms with Gasteiger partial charge in [-0.1, -0.05) is 19.1 Å². The van der Waals surface area contributed by atoms with E-state index in [0.29, 0.717) is 29.9 Å². The monoisotopic (exact) mass is 341 g/mol. The molecule has 0 aliphatic rings. The minimum atomic E-state index is -0.363. The van der Waals surface area contributed by atoms with Crippen molar-refractivity contribution in [2.75, 3.05) is 19.5 Å². The second-order valence-corrected chi connectivity index (χ2v) is 5.47. The maximum Gasteiger partial charge on any atom is 0.337 e. The zero-order valence-corrected chi connectivity index (χ0v) is 14.1. The summed E-state index contributed by atoms with van der Waals surface area (Å²) in [6.45, 7) is 3.06. The fourth-order valence-corrected chi connectivity index (χ4v) is 2.38. The van der Waals surface area contributed by atoms with Crippen molar-refractivity contribution in [1.82, 2.24) is 19.5 Å². The Hall–Kier alpha value is -3.16. The van der Waals surface area contributed by atoms with Crippen LogP contribution in [0.5, 0.6) is 6.01 Å². The van der Waals surface area contributed by atoms with E-state index in [1.807, 2.05) is 23.6 Å². The summed E-state index contributed by atoms with van der Waals surface area (Å²) in [5.74, 6) is -0.0752. The third-order valence-corrected chi connectivity index (χ3v) is 3.63. The van der Waals surface area contributed by atoms with Crippen LogP contribution in [0.3, 0.4) is 0 Å². The second-order valence-electron chi connectivity index (χ2n) is 5.47. The van der Waals surface area contributed by atoms with Gasteiger partial charge in [0.2, 0.25) is 0 Å². The SMILES string of the molecule is CCCOc1nc(N)c2ncn(Cc3ccc(C(=O)OC)cc3)c2n1. The summed E-state index contributed by atoms with van der Waals surface area (Å²) in [4.78, 5) is 24.3. The molecule has 8 nitrogen and oxygen atoms in total. The average Bonchev–Trinajstić information content (AvgIpc) is 3.03. The summed E-state index contributed by atoms with van der Waals surface area (Å²) in [5.41, 5.74) is 8.58. The molecule has 0 saturated carbocycles. The fraction of sp³-hybridized carbons (Fsp3) is 0.294. The summed E-state index contributed by atoms with van der Waals surface area (Å²) in [6.07, 6.45) is 2.51. The molecule has 2 N–H and O–H groups in total. The lowest BCUT2D eigenvalue weighted by Crippen LogP contribution is -2.06. The number of rotatable bonds is 6. The zero-order valence-electron chi connectivity index (χ0n) is 14.1. The van der Waals surface area contributed by atoms with Gasteiger partial charge in [-0.2, -0.15) is 9.97 Å². The van der Waals surface area contributed by atoms with Crippen LogP contribution < -0.4 is 10.5 Å². The Morgan fingerprint density at radius 3 is 2.68 bits per heavy atom. The number of esters is 1. The molecular formula is C17H19N5O3. The number of carbonyl (C=O) groups is 1. The van der Waals surface area contributed by atoms with E-state index in [2.05, 4.69) is 15.0 Å². The van der Waals surface area contributed by atoms with Gasteiger partial charge < -0.3 is 19.8 Å². The van der Waals surface area contributed by atoms with Gasteiger partial charge in [-0.05, 0) is 24.1 Å².